The summed E-state index contributed by atoms with van der Waals surface area (Å²) >= 11 is 2.30. The third-order valence-corrected chi connectivity index (χ3v) is 5.65. The van der Waals surface area contributed by atoms with Crippen LogP contribution in [0.25, 0.3) is 0 Å². The maximum atomic E-state index is 11.8. The maximum absolute atomic E-state index is 11.8. The summed E-state index contributed by atoms with van der Waals surface area (Å²) in [7, 11) is 3.98. The number of aromatic nitrogens is 2. The number of benzene rings is 1. The summed E-state index contributed by atoms with van der Waals surface area (Å²) in [4.78, 5) is 32.0. The summed E-state index contributed by atoms with van der Waals surface area (Å²) in [6, 6.07) is 8.16. The van der Waals surface area contributed by atoms with Crippen molar-refractivity contribution in [2.75, 3.05) is 24.3 Å². The highest BCUT2D eigenvalue weighted by atomic mass is 32.1. The Bertz CT molecular complexity index is 924. The van der Waals surface area contributed by atoms with Gasteiger partial charge in [-0.1, -0.05) is 34.8 Å². The lowest BCUT2D eigenvalue weighted by Gasteiger charge is -2.23. The zero-order valence-electron chi connectivity index (χ0n) is 12.5. The molecule has 0 fully saturated rings. The summed E-state index contributed by atoms with van der Waals surface area (Å²) in [6.07, 6.45) is 0. The summed E-state index contributed by atoms with van der Waals surface area (Å²) in [5, 5.41) is 3.91. The molecule has 6 nitrogen and oxygen atoms in total. The number of nitrogens with zero attached hydrogens (tertiary/aromatic N) is 1. The molecule has 1 aliphatic rings. The van der Waals surface area contributed by atoms with Crippen LogP contribution in [0.5, 0.6) is 0 Å². The predicted octanol–water partition coefficient (Wildman–Crippen LogP) is 2.49. The van der Waals surface area contributed by atoms with Crippen LogP contribution < -0.4 is 20.0 Å². The van der Waals surface area contributed by atoms with Gasteiger partial charge in [-0.2, -0.15) is 0 Å². The molecule has 8 heteroatoms. The molecule has 1 aromatic carbocycles. The third kappa shape index (κ3) is 2.30. The molecule has 3 N–H and O–H groups in total. The number of thiazole rings is 2. The van der Waals surface area contributed by atoms with Gasteiger partial charge in [-0.05, 0) is 17.7 Å². The molecule has 1 atom stereocenters. The Kier molecular flexibility index (Phi) is 3.17. The molecule has 3 aromatic rings. The molecule has 118 valence electrons. The first-order chi connectivity index (χ1) is 11.0. The van der Waals surface area contributed by atoms with Gasteiger partial charge in [-0.3, -0.25) is 14.6 Å². The minimum Gasteiger partial charge on any atom is -0.378 e. The van der Waals surface area contributed by atoms with Crippen molar-refractivity contribution in [3.8, 4) is 0 Å². The topological polar surface area (TPSA) is 81.0 Å². The van der Waals surface area contributed by atoms with Crippen LogP contribution in [0.1, 0.15) is 22.1 Å². The van der Waals surface area contributed by atoms with Gasteiger partial charge in [0.05, 0.1) is 16.5 Å². The van der Waals surface area contributed by atoms with Crippen LogP contribution in [0.15, 0.2) is 33.9 Å². The van der Waals surface area contributed by atoms with Crippen LogP contribution in [0, 0.1) is 0 Å². The van der Waals surface area contributed by atoms with E-state index in [1.165, 1.54) is 11.3 Å². The molecule has 0 amide bonds. The first-order valence-corrected chi connectivity index (χ1v) is 8.66. The molecule has 3 heterocycles. The zero-order valence-corrected chi connectivity index (χ0v) is 14.1. The van der Waals surface area contributed by atoms with E-state index in [0.717, 1.165) is 38.2 Å². The molecule has 0 saturated carbocycles. The van der Waals surface area contributed by atoms with Crippen molar-refractivity contribution in [2.45, 2.75) is 5.92 Å². The number of hydrogen-bond donors (Lipinski definition) is 3. The van der Waals surface area contributed by atoms with Gasteiger partial charge >= 0.3 is 9.75 Å². The largest absolute Gasteiger partial charge is 0.378 e. The number of aromatic amines is 2. The van der Waals surface area contributed by atoms with Gasteiger partial charge in [0.2, 0.25) is 0 Å². The lowest BCUT2D eigenvalue weighted by Crippen LogP contribution is -2.13. The van der Waals surface area contributed by atoms with E-state index in [-0.39, 0.29) is 15.7 Å². The molecule has 0 bridgehead atoms. The van der Waals surface area contributed by atoms with Crippen molar-refractivity contribution in [2.24, 2.45) is 0 Å². The predicted molar refractivity (Wildman–Crippen MR) is 94.9 cm³/mol. The highest BCUT2D eigenvalue weighted by Gasteiger charge is 2.32. The van der Waals surface area contributed by atoms with Crippen LogP contribution in [-0.4, -0.2) is 24.1 Å². The summed E-state index contributed by atoms with van der Waals surface area (Å²) in [5.41, 5.74) is 2.97. The van der Waals surface area contributed by atoms with Crippen molar-refractivity contribution in [1.82, 2.24) is 9.97 Å². The number of H-pyrrole nitrogens is 2. The lowest BCUT2D eigenvalue weighted by atomic mass is 9.92. The zero-order chi connectivity index (χ0) is 16.1. The molecular weight excluding hydrogens is 332 g/mol. The molecule has 0 saturated heterocycles. The van der Waals surface area contributed by atoms with Gasteiger partial charge in [-0.25, -0.2) is 0 Å². The van der Waals surface area contributed by atoms with Crippen molar-refractivity contribution >= 4 is 39.2 Å². The lowest BCUT2D eigenvalue weighted by molar-refractivity contribution is 0.931. The minimum atomic E-state index is -0.139. The van der Waals surface area contributed by atoms with Gasteiger partial charge in [0.1, 0.15) is 10.8 Å². The van der Waals surface area contributed by atoms with Gasteiger partial charge in [0.15, 0.2) is 0 Å². The number of fused-ring (bicyclic) bond motifs is 2. The average molecular weight is 346 g/mol. The number of rotatable bonds is 2. The normalized spacial score (nSPS) is 15.7. The Balaban J connectivity index is 1.89. The first-order valence-electron chi connectivity index (χ1n) is 7.03. The van der Waals surface area contributed by atoms with E-state index in [4.69, 9.17) is 0 Å². The molecule has 4 rings (SSSR count). The smallest absolute Gasteiger partial charge is 0.306 e. The van der Waals surface area contributed by atoms with E-state index in [0.29, 0.717) is 5.82 Å². The van der Waals surface area contributed by atoms with Crippen molar-refractivity contribution in [1.29, 1.82) is 0 Å². The highest BCUT2D eigenvalue weighted by molar-refractivity contribution is 7.14. The molecule has 0 aliphatic carbocycles. The standard InChI is InChI=1S/C15H14N4O2S2/c1-19(2)8-5-3-7(4-6-8)9-10-13(23-14(20)16-10)17-12-11(9)22-15(21)18-12/h3-6,9,17H,1-2H3,(H,16,20)(H,18,21). The third-order valence-electron chi connectivity index (χ3n) is 3.88. The molecule has 1 aliphatic heterocycles. The summed E-state index contributed by atoms with van der Waals surface area (Å²) in [6.45, 7) is 0. The van der Waals surface area contributed by atoms with Gasteiger partial charge in [0.25, 0.3) is 0 Å². The summed E-state index contributed by atoms with van der Waals surface area (Å²) < 4.78 is 0. The number of nitrogens with one attached hydrogen (secondary N) is 3. The van der Waals surface area contributed by atoms with Crippen LogP contribution in [-0.2, 0) is 0 Å². The quantitative estimate of drug-likeness (QED) is 0.521. The van der Waals surface area contributed by atoms with Gasteiger partial charge < -0.3 is 15.2 Å². The Labute approximate surface area is 139 Å². The fraction of sp³-hybridized carbons (Fsp3) is 0.200. The molecule has 0 spiro atoms. The SMILES string of the molecule is CN(C)c1ccc(C2c3[nH]c(=O)sc3Nc3[nH]c(=O)sc32)cc1. The Morgan fingerprint density at radius 2 is 1.70 bits per heavy atom. The molecule has 23 heavy (non-hydrogen) atoms. The molecule has 1 unspecified atom stereocenters. The number of hydrogen-bond acceptors (Lipinski definition) is 6. The van der Waals surface area contributed by atoms with Crippen LogP contribution in [0.2, 0.25) is 0 Å². The fourth-order valence-corrected chi connectivity index (χ4v) is 4.51. The van der Waals surface area contributed by atoms with Crippen LogP contribution in [0.3, 0.4) is 0 Å². The van der Waals surface area contributed by atoms with Crippen LogP contribution in [0.4, 0.5) is 16.5 Å². The van der Waals surface area contributed by atoms with E-state index < -0.39 is 0 Å². The maximum Gasteiger partial charge on any atom is 0.306 e. The monoisotopic (exact) mass is 346 g/mol. The van der Waals surface area contributed by atoms with Crippen molar-refractivity contribution in [3.05, 3.63) is 59.7 Å². The van der Waals surface area contributed by atoms with Gasteiger partial charge in [-0.15, -0.1) is 0 Å². The summed E-state index contributed by atoms with van der Waals surface area (Å²) in [5.74, 6) is 0.546. The minimum absolute atomic E-state index is 0.102. The second-order valence-corrected chi connectivity index (χ2v) is 7.55. The van der Waals surface area contributed by atoms with Gasteiger partial charge in [0, 0.05) is 19.8 Å². The van der Waals surface area contributed by atoms with Crippen molar-refractivity contribution < 1.29 is 0 Å². The second-order valence-electron chi connectivity index (χ2n) is 5.56. The van der Waals surface area contributed by atoms with E-state index in [1.54, 1.807) is 0 Å². The Morgan fingerprint density at radius 3 is 2.39 bits per heavy atom. The average Bonchev–Trinajstić information content (AvgIpc) is 3.05. The molecule has 0 radical (unpaired) electrons. The van der Waals surface area contributed by atoms with E-state index in [1.807, 2.05) is 43.3 Å². The Morgan fingerprint density at radius 1 is 1.00 bits per heavy atom. The highest BCUT2D eigenvalue weighted by Crippen LogP contribution is 2.45. The first kappa shape index (κ1) is 14.3. The number of anilines is 3. The van der Waals surface area contributed by atoms with Crippen molar-refractivity contribution in [3.63, 3.8) is 0 Å². The van der Waals surface area contributed by atoms with E-state index in [2.05, 4.69) is 15.3 Å². The molecular formula is C15H14N4O2S2. The van der Waals surface area contributed by atoms with Crippen LogP contribution >= 0.6 is 22.7 Å². The van der Waals surface area contributed by atoms with E-state index >= 15 is 0 Å². The van der Waals surface area contributed by atoms with E-state index in [9.17, 15) is 9.59 Å². The Hall–Kier alpha value is -2.32. The molecule has 2 aromatic heterocycles. The fourth-order valence-electron chi connectivity index (χ4n) is 2.80. The second kappa shape index (κ2) is 5.10.